The largest absolute Gasteiger partial charge is 0.496 e. The maximum absolute atomic E-state index is 13.3. The molecule has 1 heterocycles. The van der Waals surface area contributed by atoms with Gasteiger partial charge in [0, 0.05) is 6.07 Å². The van der Waals surface area contributed by atoms with E-state index in [4.69, 9.17) is 24.1 Å². The van der Waals surface area contributed by atoms with Crippen molar-refractivity contribution in [3.05, 3.63) is 107 Å². The highest BCUT2D eigenvalue weighted by molar-refractivity contribution is 6.26. The molecule has 0 spiro atoms. The van der Waals surface area contributed by atoms with E-state index in [9.17, 15) is 14.4 Å². The molecule has 37 heavy (non-hydrogen) atoms. The maximum atomic E-state index is 13.3. The number of ketones is 2. The average molecular weight is 503 g/mol. The second-order valence-electron chi connectivity index (χ2n) is 8.59. The van der Waals surface area contributed by atoms with Crippen LogP contribution in [0, 0.1) is 6.92 Å². The Hall–Kier alpha value is -4.43. The summed E-state index contributed by atoms with van der Waals surface area (Å²) in [6, 6.07) is 12.8. The molecule has 1 N–H and O–H groups in total. The first-order valence-corrected chi connectivity index (χ1v) is 11.5. The lowest BCUT2D eigenvalue weighted by molar-refractivity contribution is -0.145. The Bertz CT molecular complexity index is 1360. The lowest BCUT2D eigenvalue weighted by Gasteiger charge is -2.31. The van der Waals surface area contributed by atoms with E-state index < -0.39 is 23.1 Å². The monoisotopic (exact) mass is 502 g/mol. The second kappa shape index (κ2) is 10.7. The quantitative estimate of drug-likeness (QED) is 0.428. The van der Waals surface area contributed by atoms with Crippen LogP contribution in [-0.2, 0) is 25.7 Å². The standard InChI is InChI=1S/C29H26O8/c1-18-12-22(35-16-19-8-5-4-6-9-19)15-24(34-3)26(18)28(33)37-29(2)25(31)14-20-13-21(10-7-11-30)36-17-23(20)27(29)32/h4-10,12-15,17,30H,11,16H2,1-3H3/b10-7+/t29-/m1/s1. The third-order valence-electron chi connectivity index (χ3n) is 5.99. The fourth-order valence-electron chi connectivity index (χ4n) is 3.97. The third kappa shape index (κ3) is 5.24. The van der Waals surface area contributed by atoms with E-state index in [0.717, 1.165) is 5.56 Å². The SMILES string of the molecule is COc1cc(OCc2ccccc2)cc(C)c1C(=O)O[C@]1(C)C(=O)C=C2C=C(/C=C/CO)OC=C2C1=O. The molecule has 0 saturated heterocycles. The highest BCUT2D eigenvalue weighted by Gasteiger charge is 2.50. The van der Waals surface area contributed by atoms with E-state index in [1.807, 2.05) is 30.3 Å². The molecule has 8 heteroatoms. The van der Waals surface area contributed by atoms with Crippen LogP contribution in [-0.4, -0.2) is 42.0 Å². The van der Waals surface area contributed by atoms with Gasteiger partial charge >= 0.3 is 5.97 Å². The van der Waals surface area contributed by atoms with Gasteiger partial charge in [-0.25, -0.2) is 4.79 Å². The topological polar surface area (TPSA) is 108 Å². The number of aliphatic hydroxyl groups excluding tert-OH is 1. The molecular formula is C29H26O8. The number of rotatable bonds is 8. The van der Waals surface area contributed by atoms with Crippen LogP contribution in [0.3, 0.4) is 0 Å². The molecule has 0 saturated carbocycles. The van der Waals surface area contributed by atoms with Crippen LogP contribution in [0.25, 0.3) is 0 Å². The molecule has 190 valence electrons. The van der Waals surface area contributed by atoms with Gasteiger partial charge in [0.25, 0.3) is 0 Å². The van der Waals surface area contributed by atoms with Crippen molar-refractivity contribution in [1.29, 1.82) is 0 Å². The molecule has 1 atom stereocenters. The molecule has 0 radical (unpaired) electrons. The van der Waals surface area contributed by atoms with Gasteiger partial charge in [-0.3, -0.25) is 9.59 Å². The summed E-state index contributed by atoms with van der Waals surface area (Å²) >= 11 is 0. The van der Waals surface area contributed by atoms with E-state index in [-0.39, 0.29) is 23.5 Å². The Morgan fingerprint density at radius 2 is 1.89 bits per heavy atom. The molecule has 1 aliphatic carbocycles. The maximum Gasteiger partial charge on any atom is 0.343 e. The summed E-state index contributed by atoms with van der Waals surface area (Å²) in [7, 11) is 1.40. The van der Waals surface area contributed by atoms with Gasteiger partial charge in [0.2, 0.25) is 17.2 Å². The van der Waals surface area contributed by atoms with Crippen molar-refractivity contribution in [2.45, 2.75) is 26.1 Å². The fraction of sp³-hybridized carbons (Fsp3) is 0.207. The van der Waals surface area contributed by atoms with Crippen LogP contribution in [0.2, 0.25) is 0 Å². The van der Waals surface area contributed by atoms with Crippen LogP contribution in [0.15, 0.2) is 89.9 Å². The highest BCUT2D eigenvalue weighted by atomic mass is 16.6. The summed E-state index contributed by atoms with van der Waals surface area (Å²) < 4.78 is 22.2. The first kappa shape index (κ1) is 25.7. The van der Waals surface area contributed by atoms with Crippen LogP contribution in [0.1, 0.15) is 28.4 Å². The van der Waals surface area contributed by atoms with Gasteiger partial charge in [-0.15, -0.1) is 0 Å². The van der Waals surface area contributed by atoms with Crippen molar-refractivity contribution in [2.75, 3.05) is 13.7 Å². The molecule has 0 bridgehead atoms. The van der Waals surface area contributed by atoms with E-state index in [1.165, 1.54) is 44.6 Å². The van der Waals surface area contributed by atoms with E-state index in [0.29, 0.717) is 29.3 Å². The zero-order chi connectivity index (χ0) is 26.6. The van der Waals surface area contributed by atoms with Crippen molar-refractivity contribution in [1.82, 2.24) is 0 Å². The van der Waals surface area contributed by atoms with Crippen molar-refractivity contribution < 1.29 is 38.4 Å². The van der Waals surface area contributed by atoms with Crippen molar-refractivity contribution in [3.63, 3.8) is 0 Å². The number of hydrogen-bond donors (Lipinski definition) is 1. The van der Waals surface area contributed by atoms with Gasteiger partial charge in [-0.05, 0) is 54.8 Å². The first-order chi connectivity index (χ1) is 17.8. The fourth-order valence-corrected chi connectivity index (χ4v) is 3.97. The number of carbonyl (C=O) groups is 3. The van der Waals surface area contributed by atoms with Gasteiger partial charge in [-0.2, -0.15) is 0 Å². The number of allylic oxidation sites excluding steroid dienone is 3. The van der Waals surface area contributed by atoms with Gasteiger partial charge < -0.3 is 24.1 Å². The summed E-state index contributed by atoms with van der Waals surface area (Å²) in [5, 5.41) is 8.93. The Morgan fingerprint density at radius 3 is 2.59 bits per heavy atom. The zero-order valence-corrected chi connectivity index (χ0v) is 20.6. The molecule has 0 unspecified atom stereocenters. The van der Waals surface area contributed by atoms with Gasteiger partial charge in [0.15, 0.2) is 0 Å². The predicted molar refractivity (Wildman–Crippen MR) is 134 cm³/mol. The summed E-state index contributed by atoms with van der Waals surface area (Å²) in [5.74, 6) is -1.25. The third-order valence-corrected chi connectivity index (χ3v) is 5.99. The molecule has 2 aromatic rings. The van der Waals surface area contributed by atoms with Crippen molar-refractivity contribution in [3.8, 4) is 11.5 Å². The Morgan fingerprint density at radius 1 is 1.14 bits per heavy atom. The predicted octanol–water partition coefficient (Wildman–Crippen LogP) is 3.92. The first-order valence-electron chi connectivity index (χ1n) is 11.5. The average Bonchev–Trinajstić information content (AvgIpc) is 2.89. The van der Waals surface area contributed by atoms with Crippen LogP contribution in [0.4, 0.5) is 0 Å². The Balaban J connectivity index is 1.57. The molecule has 0 amide bonds. The number of ether oxygens (including phenoxy) is 4. The van der Waals surface area contributed by atoms with Gasteiger partial charge in [0.05, 0.1) is 19.3 Å². The van der Waals surface area contributed by atoms with Crippen molar-refractivity contribution >= 4 is 17.5 Å². The molecule has 2 aromatic carbocycles. The number of carbonyl (C=O) groups excluding carboxylic acids is 3. The van der Waals surface area contributed by atoms with Crippen LogP contribution >= 0.6 is 0 Å². The van der Waals surface area contributed by atoms with E-state index in [2.05, 4.69) is 0 Å². The molecular weight excluding hydrogens is 476 g/mol. The lowest BCUT2D eigenvalue weighted by Crippen LogP contribution is -2.50. The minimum atomic E-state index is -2.08. The number of fused-ring (bicyclic) bond motifs is 1. The highest BCUT2D eigenvalue weighted by Crippen LogP contribution is 2.36. The second-order valence-corrected chi connectivity index (χ2v) is 8.59. The summed E-state index contributed by atoms with van der Waals surface area (Å²) in [5.41, 5.74) is -0.0972. The normalized spacial score (nSPS) is 18.9. The number of aryl methyl sites for hydroxylation is 1. The number of esters is 1. The summed E-state index contributed by atoms with van der Waals surface area (Å²) in [6.45, 7) is 3.08. The molecule has 4 rings (SSSR count). The van der Waals surface area contributed by atoms with E-state index >= 15 is 0 Å². The number of benzene rings is 2. The number of Topliss-reactive ketones (excluding diaryl/α,β-unsaturated/α-hetero) is 1. The number of hydrogen-bond acceptors (Lipinski definition) is 8. The van der Waals surface area contributed by atoms with Crippen LogP contribution in [0.5, 0.6) is 11.5 Å². The van der Waals surface area contributed by atoms with Gasteiger partial charge in [0.1, 0.15) is 35.7 Å². The summed E-state index contributed by atoms with van der Waals surface area (Å²) in [6.07, 6.45) is 6.91. The molecule has 8 nitrogen and oxygen atoms in total. The minimum Gasteiger partial charge on any atom is -0.496 e. The lowest BCUT2D eigenvalue weighted by atomic mass is 9.80. The Kier molecular flexibility index (Phi) is 7.40. The summed E-state index contributed by atoms with van der Waals surface area (Å²) in [4.78, 5) is 39.5. The molecule has 1 aliphatic heterocycles. The minimum absolute atomic E-state index is 0.0800. The smallest absolute Gasteiger partial charge is 0.343 e. The molecule has 0 aromatic heterocycles. The van der Waals surface area contributed by atoms with Gasteiger partial charge in [-0.1, -0.05) is 36.4 Å². The molecule has 2 aliphatic rings. The van der Waals surface area contributed by atoms with Crippen LogP contribution < -0.4 is 9.47 Å². The number of aliphatic hydroxyl groups is 1. The zero-order valence-electron chi connectivity index (χ0n) is 20.6. The molecule has 0 fully saturated rings. The Labute approximate surface area is 214 Å². The van der Waals surface area contributed by atoms with Crippen molar-refractivity contribution in [2.24, 2.45) is 0 Å². The number of methoxy groups -OCH3 is 1. The van der Waals surface area contributed by atoms with E-state index in [1.54, 1.807) is 19.1 Å².